The van der Waals surface area contributed by atoms with Gasteiger partial charge in [-0.3, -0.25) is 4.99 Å². The number of nitrogens with zero attached hydrogens (tertiary/aromatic N) is 2. The van der Waals surface area contributed by atoms with Gasteiger partial charge in [0.15, 0.2) is 5.96 Å². The number of hydrogen-bond donors (Lipinski definition) is 3. The third-order valence-electron chi connectivity index (χ3n) is 2.56. The second-order valence-electron chi connectivity index (χ2n) is 4.54. The van der Waals surface area contributed by atoms with Crippen LogP contribution in [0.2, 0.25) is 0 Å². The van der Waals surface area contributed by atoms with Crippen molar-refractivity contribution in [2.24, 2.45) is 10.9 Å². The van der Waals surface area contributed by atoms with Crippen LogP contribution in [0.1, 0.15) is 24.5 Å². The van der Waals surface area contributed by atoms with Gasteiger partial charge in [-0.25, -0.2) is 4.98 Å². The minimum Gasteiger partial charge on any atom is -0.396 e. The van der Waals surface area contributed by atoms with E-state index in [4.69, 9.17) is 5.11 Å². The molecule has 0 fully saturated rings. The Morgan fingerprint density at radius 2 is 2.25 bits per heavy atom. The van der Waals surface area contributed by atoms with Crippen LogP contribution < -0.4 is 10.6 Å². The van der Waals surface area contributed by atoms with Crippen molar-refractivity contribution in [3.8, 4) is 0 Å². The number of guanidine groups is 1. The van der Waals surface area contributed by atoms with E-state index in [-0.39, 0.29) is 36.5 Å². The highest BCUT2D eigenvalue weighted by Gasteiger charge is 2.02. The van der Waals surface area contributed by atoms with E-state index in [1.54, 1.807) is 11.3 Å². The molecule has 1 atom stereocenters. The summed E-state index contributed by atoms with van der Waals surface area (Å²) in [7, 11) is 0. The highest BCUT2D eigenvalue weighted by Crippen LogP contribution is 2.07. The molecule has 0 aliphatic rings. The van der Waals surface area contributed by atoms with Gasteiger partial charge in [-0.05, 0) is 19.8 Å². The molecule has 0 saturated heterocycles. The number of thiazole rings is 1. The minimum atomic E-state index is 0. The number of aromatic nitrogens is 1. The lowest BCUT2D eigenvalue weighted by Gasteiger charge is -2.12. The molecule has 7 heteroatoms. The maximum absolute atomic E-state index is 8.99. The summed E-state index contributed by atoms with van der Waals surface area (Å²) in [6.07, 6.45) is 0.893. The molecule has 0 aromatic carbocycles. The molecule has 1 heterocycles. The smallest absolute Gasteiger partial charge is 0.191 e. The van der Waals surface area contributed by atoms with Crippen molar-refractivity contribution in [1.82, 2.24) is 15.6 Å². The molecule has 0 bridgehead atoms. The van der Waals surface area contributed by atoms with Crippen molar-refractivity contribution in [2.75, 3.05) is 26.2 Å². The molecule has 116 valence electrons. The van der Waals surface area contributed by atoms with Crippen LogP contribution in [0.5, 0.6) is 0 Å². The van der Waals surface area contributed by atoms with Gasteiger partial charge < -0.3 is 15.7 Å². The molecule has 0 spiro atoms. The molecule has 1 aromatic rings. The van der Waals surface area contributed by atoms with E-state index in [0.29, 0.717) is 6.54 Å². The van der Waals surface area contributed by atoms with Crippen LogP contribution in [-0.4, -0.2) is 42.3 Å². The number of aliphatic imine (C=N–C) groups is 1. The second kappa shape index (κ2) is 11.3. The number of rotatable bonds is 7. The lowest BCUT2D eigenvalue weighted by Crippen LogP contribution is -2.38. The molecule has 3 N–H and O–H groups in total. The predicted octanol–water partition coefficient (Wildman–Crippen LogP) is 1.80. The summed E-state index contributed by atoms with van der Waals surface area (Å²) in [5, 5.41) is 18.7. The molecular weight excluding hydrogens is 387 g/mol. The molecule has 20 heavy (non-hydrogen) atoms. The Kier molecular flexibility index (Phi) is 11.0. The molecule has 0 aliphatic carbocycles. The van der Waals surface area contributed by atoms with Gasteiger partial charge in [0.1, 0.15) is 0 Å². The Labute approximate surface area is 142 Å². The average molecular weight is 412 g/mol. The average Bonchev–Trinajstić information content (AvgIpc) is 2.81. The van der Waals surface area contributed by atoms with Gasteiger partial charge >= 0.3 is 0 Å². The first-order valence-corrected chi connectivity index (χ1v) is 7.57. The van der Waals surface area contributed by atoms with E-state index in [0.717, 1.165) is 36.2 Å². The molecule has 0 saturated carbocycles. The Bertz CT molecular complexity index is 397. The van der Waals surface area contributed by atoms with E-state index in [2.05, 4.69) is 26.0 Å². The van der Waals surface area contributed by atoms with Gasteiger partial charge in [0, 0.05) is 38.0 Å². The van der Waals surface area contributed by atoms with Gasteiger partial charge in [-0.2, -0.15) is 0 Å². The van der Waals surface area contributed by atoms with Crippen molar-refractivity contribution in [3.05, 3.63) is 16.1 Å². The predicted molar refractivity (Wildman–Crippen MR) is 96.2 cm³/mol. The summed E-state index contributed by atoms with van der Waals surface area (Å²) in [4.78, 5) is 8.86. The van der Waals surface area contributed by atoms with Crippen molar-refractivity contribution >= 4 is 41.3 Å². The summed E-state index contributed by atoms with van der Waals surface area (Å²) in [5.41, 5.74) is 1.12. The first kappa shape index (κ1) is 19.6. The van der Waals surface area contributed by atoms with Crippen LogP contribution in [0, 0.1) is 12.8 Å². The van der Waals surface area contributed by atoms with Crippen LogP contribution in [-0.2, 0) is 6.42 Å². The number of aliphatic hydroxyl groups excluding tert-OH is 1. The van der Waals surface area contributed by atoms with Crippen LogP contribution in [0.4, 0.5) is 0 Å². The molecule has 1 rings (SSSR count). The highest BCUT2D eigenvalue weighted by molar-refractivity contribution is 14.0. The normalized spacial score (nSPS) is 12.7. The zero-order valence-corrected chi connectivity index (χ0v) is 15.5. The fourth-order valence-corrected chi connectivity index (χ4v) is 2.13. The van der Waals surface area contributed by atoms with Crippen molar-refractivity contribution in [3.63, 3.8) is 0 Å². The zero-order chi connectivity index (χ0) is 14.1. The molecular formula is C13H25IN4OS. The van der Waals surface area contributed by atoms with Crippen LogP contribution in [0.15, 0.2) is 10.4 Å². The second-order valence-corrected chi connectivity index (χ2v) is 5.60. The molecule has 0 aliphatic heterocycles. The summed E-state index contributed by atoms with van der Waals surface area (Å²) < 4.78 is 0. The van der Waals surface area contributed by atoms with Gasteiger partial charge in [0.25, 0.3) is 0 Å². The van der Waals surface area contributed by atoms with Crippen LogP contribution in [0.3, 0.4) is 0 Å². The van der Waals surface area contributed by atoms with E-state index in [1.165, 1.54) is 0 Å². The highest BCUT2D eigenvalue weighted by atomic mass is 127. The number of nitrogens with one attached hydrogen (secondary N) is 2. The monoisotopic (exact) mass is 412 g/mol. The summed E-state index contributed by atoms with van der Waals surface area (Å²) >= 11 is 1.68. The summed E-state index contributed by atoms with van der Waals surface area (Å²) in [5.74, 6) is 0.992. The molecule has 5 nitrogen and oxygen atoms in total. The number of hydrogen-bond acceptors (Lipinski definition) is 4. The maximum Gasteiger partial charge on any atom is 0.191 e. The quantitative estimate of drug-likeness (QED) is 0.363. The van der Waals surface area contributed by atoms with Crippen molar-refractivity contribution < 1.29 is 5.11 Å². The number of aryl methyl sites for hydroxylation is 1. The van der Waals surface area contributed by atoms with Gasteiger partial charge in [0.05, 0.1) is 10.7 Å². The van der Waals surface area contributed by atoms with Crippen LogP contribution in [0.25, 0.3) is 0 Å². The lowest BCUT2D eigenvalue weighted by molar-refractivity contribution is 0.241. The fourth-order valence-electron chi connectivity index (χ4n) is 1.48. The van der Waals surface area contributed by atoms with E-state index < -0.39 is 0 Å². The largest absolute Gasteiger partial charge is 0.396 e. The zero-order valence-electron chi connectivity index (χ0n) is 12.3. The van der Waals surface area contributed by atoms with E-state index in [1.807, 2.05) is 20.8 Å². The molecule has 0 amide bonds. The summed E-state index contributed by atoms with van der Waals surface area (Å²) in [6, 6.07) is 0. The van der Waals surface area contributed by atoms with Crippen molar-refractivity contribution in [1.29, 1.82) is 0 Å². The first-order chi connectivity index (χ1) is 9.15. The van der Waals surface area contributed by atoms with Gasteiger partial charge in [-0.15, -0.1) is 35.3 Å². The van der Waals surface area contributed by atoms with Crippen molar-refractivity contribution in [2.45, 2.75) is 27.2 Å². The number of aliphatic hydroxyl groups is 1. The molecule has 1 unspecified atom stereocenters. The third-order valence-corrected chi connectivity index (χ3v) is 3.38. The Morgan fingerprint density at radius 1 is 1.50 bits per heavy atom. The Hall–Kier alpha value is -0.410. The Morgan fingerprint density at radius 3 is 2.80 bits per heavy atom. The van der Waals surface area contributed by atoms with Crippen LogP contribution >= 0.6 is 35.3 Å². The standard InChI is InChI=1S/C13H24N4OS.HI/c1-4-14-13(16-7-10(2)8-18)15-6-5-12-9-19-11(3)17-12;/h9-10,18H,4-8H2,1-3H3,(H2,14,15,16);1H. The fraction of sp³-hybridized carbons (Fsp3) is 0.692. The third kappa shape index (κ3) is 8.01. The van der Waals surface area contributed by atoms with E-state index >= 15 is 0 Å². The first-order valence-electron chi connectivity index (χ1n) is 6.69. The summed E-state index contributed by atoms with van der Waals surface area (Å²) in [6.45, 7) is 8.46. The lowest BCUT2D eigenvalue weighted by atomic mass is 10.2. The number of halogens is 1. The maximum atomic E-state index is 8.99. The van der Waals surface area contributed by atoms with Gasteiger partial charge in [0.2, 0.25) is 0 Å². The SMILES string of the molecule is CCNC(=NCC(C)CO)NCCc1csc(C)n1.I. The molecule has 1 aromatic heterocycles. The minimum absolute atomic E-state index is 0. The topological polar surface area (TPSA) is 69.5 Å². The molecule has 0 radical (unpaired) electrons. The Balaban J connectivity index is 0.00000361. The van der Waals surface area contributed by atoms with Gasteiger partial charge in [-0.1, -0.05) is 6.92 Å². The van der Waals surface area contributed by atoms with E-state index in [9.17, 15) is 0 Å².